The normalized spacial score (nSPS) is 10.6. The lowest BCUT2D eigenvalue weighted by atomic mass is 10.1. The molecule has 3 rings (SSSR count). The fourth-order valence-corrected chi connectivity index (χ4v) is 2.96. The van der Waals surface area contributed by atoms with Gasteiger partial charge in [-0.3, -0.25) is 9.89 Å². The van der Waals surface area contributed by atoms with Crippen molar-refractivity contribution in [1.82, 2.24) is 15.1 Å². The van der Waals surface area contributed by atoms with E-state index in [2.05, 4.69) is 10.2 Å². The number of fused-ring (bicyclic) bond motifs is 1. The van der Waals surface area contributed by atoms with Crippen LogP contribution in [-0.4, -0.2) is 54.8 Å². The first-order valence-electron chi connectivity index (χ1n) is 9.00. The number of esters is 1. The van der Waals surface area contributed by atoms with Gasteiger partial charge in [-0.05, 0) is 36.2 Å². The lowest BCUT2D eigenvalue weighted by Gasteiger charge is -2.20. The Balaban J connectivity index is 1.63. The number of aromatic amines is 1. The van der Waals surface area contributed by atoms with Crippen molar-refractivity contribution in [3.8, 4) is 11.5 Å². The Morgan fingerprint density at radius 3 is 2.52 bits per heavy atom. The number of hydrogen-bond acceptors (Lipinski definition) is 6. The van der Waals surface area contributed by atoms with Crippen LogP contribution in [0.15, 0.2) is 36.4 Å². The van der Waals surface area contributed by atoms with Crippen LogP contribution in [0.5, 0.6) is 11.5 Å². The van der Waals surface area contributed by atoms with Gasteiger partial charge in [0.1, 0.15) is 0 Å². The molecule has 0 saturated heterocycles. The number of para-hydroxylation sites is 1. The van der Waals surface area contributed by atoms with Crippen LogP contribution >= 0.6 is 0 Å². The fraction of sp³-hybridized carbons (Fsp3) is 0.286. The van der Waals surface area contributed by atoms with E-state index in [0.717, 1.165) is 16.6 Å². The van der Waals surface area contributed by atoms with E-state index >= 15 is 0 Å². The number of rotatable bonds is 7. The summed E-state index contributed by atoms with van der Waals surface area (Å²) in [6.45, 7) is 1.90. The van der Waals surface area contributed by atoms with E-state index < -0.39 is 5.97 Å². The highest BCUT2D eigenvalue weighted by Crippen LogP contribution is 2.30. The standard InChI is InChI=1S/C21H23N3O5/c1-13-9-17(27-3)18(28-4)10-14(13)11-24(2)19(25)12-29-21(26)20-15-7-5-6-8-16(15)22-23-20/h5-10H,11-12H2,1-4H3,(H,22,23). The van der Waals surface area contributed by atoms with Crippen LogP contribution < -0.4 is 9.47 Å². The quantitative estimate of drug-likeness (QED) is 0.616. The number of hydrogen-bond donors (Lipinski definition) is 1. The van der Waals surface area contributed by atoms with Crippen LogP contribution in [0.4, 0.5) is 0 Å². The van der Waals surface area contributed by atoms with Crippen molar-refractivity contribution in [2.24, 2.45) is 0 Å². The summed E-state index contributed by atoms with van der Waals surface area (Å²) in [5, 5.41) is 7.40. The first kappa shape index (κ1) is 20.2. The first-order valence-corrected chi connectivity index (χ1v) is 9.00. The number of carbonyl (C=O) groups is 2. The molecule has 0 radical (unpaired) electrons. The summed E-state index contributed by atoms with van der Waals surface area (Å²) in [6.07, 6.45) is 0. The van der Waals surface area contributed by atoms with Crippen molar-refractivity contribution in [2.45, 2.75) is 13.5 Å². The van der Waals surface area contributed by atoms with Gasteiger partial charge in [-0.25, -0.2) is 4.79 Å². The molecule has 29 heavy (non-hydrogen) atoms. The summed E-state index contributed by atoms with van der Waals surface area (Å²) in [6, 6.07) is 10.9. The Labute approximate surface area is 168 Å². The lowest BCUT2D eigenvalue weighted by Crippen LogP contribution is -2.31. The predicted octanol–water partition coefficient (Wildman–Crippen LogP) is 2.70. The largest absolute Gasteiger partial charge is 0.493 e. The summed E-state index contributed by atoms with van der Waals surface area (Å²) >= 11 is 0. The SMILES string of the molecule is COc1cc(C)c(CN(C)C(=O)COC(=O)c2n[nH]c3ccccc23)cc1OC. The summed E-state index contributed by atoms with van der Waals surface area (Å²) in [5.41, 5.74) is 2.75. The van der Waals surface area contributed by atoms with Crippen molar-refractivity contribution < 1.29 is 23.8 Å². The molecule has 1 heterocycles. The molecule has 0 fully saturated rings. The molecule has 0 spiro atoms. The third-order valence-corrected chi connectivity index (χ3v) is 4.67. The van der Waals surface area contributed by atoms with E-state index in [1.54, 1.807) is 33.4 Å². The number of H-pyrrole nitrogens is 1. The second-order valence-corrected chi connectivity index (χ2v) is 6.58. The zero-order chi connectivity index (χ0) is 21.0. The molecule has 2 aromatic carbocycles. The Morgan fingerprint density at radius 1 is 1.10 bits per heavy atom. The first-order chi connectivity index (χ1) is 13.9. The summed E-state index contributed by atoms with van der Waals surface area (Å²) in [4.78, 5) is 26.2. The number of nitrogens with one attached hydrogen (secondary N) is 1. The minimum Gasteiger partial charge on any atom is -0.493 e. The second kappa shape index (κ2) is 8.64. The second-order valence-electron chi connectivity index (χ2n) is 6.58. The van der Waals surface area contributed by atoms with E-state index in [1.165, 1.54) is 4.90 Å². The molecule has 0 unspecified atom stereocenters. The van der Waals surface area contributed by atoms with Crippen LogP contribution in [0.3, 0.4) is 0 Å². The van der Waals surface area contributed by atoms with Crippen LogP contribution in [-0.2, 0) is 16.1 Å². The predicted molar refractivity (Wildman–Crippen MR) is 107 cm³/mol. The smallest absolute Gasteiger partial charge is 0.359 e. The molecule has 0 aliphatic rings. The van der Waals surface area contributed by atoms with Gasteiger partial charge in [-0.1, -0.05) is 18.2 Å². The zero-order valence-electron chi connectivity index (χ0n) is 16.8. The van der Waals surface area contributed by atoms with Crippen molar-refractivity contribution >= 4 is 22.8 Å². The van der Waals surface area contributed by atoms with Gasteiger partial charge >= 0.3 is 5.97 Å². The van der Waals surface area contributed by atoms with Gasteiger partial charge in [0.15, 0.2) is 23.8 Å². The van der Waals surface area contributed by atoms with Crippen LogP contribution in [0.1, 0.15) is 21.6 Å². The maximum Gasteiger partial charge on any atom is 0.359 e. The highest BCUT2D eigenvalue weighted by atomic mass is 16.5. The molecule has 1 amide bonds. The third-order valence-electron chi connectivity index (χ3n) is 4.67. The molecule has 0 saturated carbocycles. The van der Waals surface area contributed by atoms with Crippen molar-refractivity contribution in [1.29, 1.82) is 0 Å². The van der Waals surface area contributed by atoms with Gasteiger partial charge in [0, 0.05) is 19.0 Å². The van der Waals surface area contributed by atoms with Gasteiger partial charge in [-0.15, -0.1) is 0 Å². The lowest BCUT2D eigenvalue weighted by molar-refractivity contribution is -0.133. The summed E-state index contributed by atoms with van der Waals surface area (Å²) < 4.78 is 15.8. The van der Waals surface area contributed by atoms with Gasteiger partial charge in [0.25, 0.3) is 5.91 Å². The van der Waals surface area contributed by atoms with E-state index in [-0.39, 0.29) is 18.2 Å². The van der Waals surface area contributed by atoms with Crippen LogP contribution in [0, 0.1) is 6.92 Å². The average Bonchev–Trinajstić information content (AvgIpc) is 3.17. The molecule has 0 bridgehead atoms. The molecule has 8 nitrogen and oxygen atoms in total. The maximum absolute atomic E-state index is 12.4. The Hall–Kier alpha value is -3.55. The average molecular weight is 397 g/mol. The molecule has 152 valence electrons. The third kappa shape index (κ3) is 4.31. The highest BCUT2D eigenvalue weighted by Gasteiger charge is 2.19. The number of benzene rings is 2. The molecular weight excluding hydrogens is 374 g/mol. The number of methoxy groups -OCH3 is 2. The van der Waals surface area contributed by atoms with Crippen LogP contribution in [0.2, 0.25) is 0 Å². The minimum atomic E-state index is -0.647. The number of ether oxygens (including phenoxy) is 3. The molecule has 3 aromatic rings. The summed E-state index contributed by atoms with van der Waals surface area (Å²) in [7, 11) is 4.78. The topological polar surface area (TPSA) is 93.7 Å². The van der Waals surface area contributed by atoms with Gasteiger partial charge in [0.2, 0.25) is 0 Å². The zero-order valence-corrected chi connectivity index (χ0v) is 16.8. The van der Waals surface area contributed by atoms with Gasteiger partial charge in [0.05, 0.1) is 19.7 Å². The van der Waals surface area contributed by atoms with Gasteiger partial charge in [-0.2, -0.15) is 5.10 Å². The number of amides is 1. The number of likely N-dealkylation sites (N-methyl/N-ethyl adjacent to an activating group) is 1. The molecular formula is C21H23N3O5. The number of aromatic nitrogens is 2. The molecule has 1 aromatic heterocycles. The summed E-state index contributed by atoms with van der Waals surface area (Å²) in [5.74, 6) is 0.243. The maximum atomic E-state index is 12.4. The van der Waals surface area contributed by atoms with Crippen molar-refractivity contribution in [2.75, 3.05) is 27.9 Å². The minimum absolute atomic E-state index is 0.159. The highest BCUT2D eigenvalue weighted by molar-refractivity contribution is 6.02. The molecule has 1 N–H and O–H groups in total. The van der Waals surface area contributed by atoms with Gasteiger partial charge < -0.3 is 19.1 Å². The van der Waals surface area contributed by atoms with E-state index in [4.69, 9.17) is 14.2 Å². The number of nitrogens with zero attached hydrogens (tertiary/aromatic N) is 2. The van der Waals surface area contributed by atoms with E-state index in [1.807, 2.05) is 31.2 Å². The number of carbonyl (C=O) groups excluding carboxylic acids is 2. The van der Waals surface area contributed by atoms with Crippen LogP contribution in [0.25, 0.3) is 10.9 Å². The monoisotopic (exact) mass is 397 g/mol. The molecule has 0 aliphatic heterocycles. The van der Waals surface area contributed by atoms with Crippen molar-refractivity contribution in [3.05, 3.63) is 53.2 Å². The van der Waals surface area contributed by atoms with E-state index in [0.29, 0.717) is 23.4 Å². The van der Waals surface area contributed by atoms with E-state index in [9.17, 15) is 9.59 Å². The van der Waals surface area contributed by atoms with Crippen molar-refractivity contribution in [3.63, 3.8) is 0 Å². The molecule has 8 heteroatoms. The molecule has 0 aliphatic carbocycles. The Bertz CT molecular complexity index is 1040. The molecule has 0 atom stereocenters. The fourth-order valence-electron chi connectivity index (χ4n) is 2.96. The number of aryl methyl sites for hydroxylation is 1. The Kier molecular flexibility index (Phi) is 6.01. The Morgan fingerprint density at radius 2 is 1.79 bits per heavy atom.